The van der Waals surface area contributed by atoms with Gasteiger partial charge in [0, 0.05) is 30.7 Å². The first-order chi connectivity index (χ1) is 16.6. The predicted molar refractivity (Wildman–Crippen MR) is 123 cm³/mol. The van der Waals surface area contributed by atoms with E-state index in [2.05, 4.69) is 24.1 Å². The first-order valence-electron chi connectivity index (χ1n) is 11.7. The van der Waals surface area contributed by atoms with Crippen molar-refractivity contribution in [2.45, 2.75) is 38.8 Å². The van der Waals surface area contributed by atoms with E-state index in [9.17, 15) is 14.4 Å². The molecule has 34 heavy (non-hydrogen) atoms. The molecule has 0 bridgehead atoms. The largest absolute Gasteiger partial charge is 0.379 e. The van der Waals surface area contributed by atoms with Gasteiger partial charge in [-0.05, 0) is 30.5 Å². The van der Waals surface area contributed by atoms with Crippen LogP contribution in [-0.2, 0) is 35.1 Å². The molecule has 1 saturated heterocycles. The Morgan fingerprint density at radius 3 is 2.32 bits per heavy atom. The SMILES string of the molecule is CCCOCCOCCOCCOCC#Cc1cccc2c1CN(C1CCC(=O)NC1=O)C2=O. The van der Waals surface area contributed by atoms with Gasteiger partial charge in [-0.15, -0.1) is 0 Å². The Labute approximate surface area is 200 Å². The summed E-state index contributed by atoms with van der Waals surface area (Å²) in [5.41, 5.74) is 2.08. The monoisotopic (exact) mass is 472 g/mol. The van der Waals surface area contributed by atoms with E-state index < -0.39 is 11.9 Å². The van der Waals surface area contributed by atoms with Crippen molar-refractivity contribution in [2.24, 2.45) is 0 Å². The van der Waals surface area contributed by atoms with Crippen LogP contribution in [-0.4, -0.2) is 81.5 Å². The van der Waals surface area contributed by atoms with Gasteiger partial charge in [-0.25, -0.2) is 0 Å². The third-order valence-electron chi connectivity index (χ3n) is 5.44. The maximum absolute atomic E-state index is 12.8. The number of piperidine rings is 1. The lowest BCUT2D eigenvalue weighted by atomic mass is 10.0. The van der Waals surface area contributed by atoms with Crippen molar-refractivity contribution in [3.8, 4) is 11.8 Å². The molecule has 184 valence electrons. The molecule has 9 nitrogen and oxygen atoms in total. The standard InChI is InChI=1S/C25H32N2O7/c1-2-10-31-12-14-33-16-17-34-15-13-32-11-4-6-19-5-3-7-20-21(19)18-27(25(20)30)22-8-9-23(28)26-24(22)29/h3,5,7,22H,2,8-18H2,1H3,(H,26,28,29). The highest BCUT2D eigenvalue weighted by atomic mass is 16.6. The molecule has 2 aliphatic rings. The molecular formula is C25H32N2O7. The molecule has 9 heteroatoms. The number of fused-ring (bicyclic) bond motifs is 1. The van der Waals surface area contributed by atoms with Crippen molar-refractivity contribution in [3.63, 3.8) is 0 Å². The number of imide groups is 1. The number of nitrogens with zero attached hydrogens (tertiary/aromatic N) is 1. The van der Waals surface area contributed by atoms with Gasteiger partial charge in [0.25, 0.3) is 5.91 Å². The lowest BCUT2D eigenvalue weighted by Crippen LogP contribution is -2.52. The first-order valence-corrected chi connectivity index (χ1v) is 11.7. The number of carbonyl (C=O) groups excluding carboxylic acids is 3. The van der Waals surface area contributed by atoms with Crippen LogP contribution in [0.4, 0.5) is 0 Å². The number of hydrogen-bond donors (Lipinski definition) is 1. The van der Waals surface area contributed by atoms with Crippen LogP contribution in [0.5, 0.6) is 0 Å². The zero-order valence-corrected chi connectivity index (χ0v) is 19.6. The Balaban J connectivity index is 1.36. The Hall–Kier alpha value is -2.77. The fourth-order valence-electron chi connectivity index (χ4n) is 3.76. The van der Waals surface area contributed by atoms with E-state index in [1.54, 1.807) is 12.1 Å². The van der Waals surface area contributed by atoms with Crippen LogP contribution in [0.3, 0.4) is 0 Å². The van der Waals surface area contributed by atoms with Crippen LogP contribution < -0.4 is 5.32 Å². The molecule has 0 saturated carbocycles. The molecule has 0 radical (unpaired) electrons. The van der Waals surface area contributed by atoms with Crippen molar-refractivity contribution in [3.05, 3.63) is 34.9 Å². The molecule has 2 aliphatic heterocycles. The summed E-state index contributed by atoms with van der Waals surface area (Å²) in [6.45, 7) is 6.41. The maximum atomic E-state index is 12.8. The fraction of sp³-hybridized carbons (Fsp3) is 0.560. The second kappa shape index (κ2) is 13.8. The van der Waals surface area contributed by atoms with E-state index in [-0.39, 0.29) is 24.8 Å². The second-order valence-electron chi connectivity index (χ2n) is 7.92. The third kappa shape index (κ3) is 7.37. The van der Waals surface area contributed by atoms with Crippen LogP contribution >= 0.6 is 0 Å². The molecule has 0 aromatic heterocycles. The number of hydrogen-bond acceptors (Lipinski definition) is 7. The minimum absolute atomic E-state index is 0.209. The van der Waals surface area contributed by atoms with Crippen LogP contribution in [0.2, 0.25) is 0 Å². The van der Waals surface area contributed by atoms with Gasteiger partial charge >= 0.3 is 0 Å². The molecular weight excluding hydrogens is 440 g/mol. The van der Waals surface area contributed by atoms with Gasteiger partial charge in [0.05, 0.1) is 39.6 Å². The lowest BCUT2D eigenvalue weighted by Gasteiger charge is -2.29. The van der Waals surface area contributed by atoms with Gasteiger partial charge < -0.3 is 23.8 Å². The number of nitrogens with one attached hydrogen (secondary N) is 1. The summed E-state index contributed by atoms with van der Waals surface area (Å²) in [5, 5.41) is 2.31. The van der Waals surface area contributed by atoms with Crippen LogP contribution in [0, 0.1) is 11.8 Å². The average Bonchev–Trinajstić information content (AvgIpc) is 3.16. The summed E-state index contributed by atoms with van der Waals surface area (Å²) in [6.07, 6.45) is 1.57. The van der Waals surface area contributed by atoms with Crippen molar-refractivity contribution in [2.75, 3.05) is 52.9 Å². The van der Waals surface area contributed by atoms with Crippen LogP contribution in [0.1, 0.15) is 47.7 Å². The fourth-order valence-corrected chi connectivity index (χ4v) is 3.76. The summed E-state index contributed by atoms with van der Waals surface area (Å²) in [5.74, 6) is 5.10. The minimum Gasteiger partial charge on any atom is -0.379 e. The summed E-state index contributed by atoms with van der Waals surface area (Å²) >= 11 is 0. The van der Waals surface area contributed by atoms with Crippen molar-refractivity contribution in [1.29, 1.82) is 0 Å². The highest BCUT2D eigenvalue weighted by Crippen LogP contribution is 2.29. The summed E-state index contributed by atoms with van der Waals surface area (Å²) in [4.78, 5) is 38.0. The Morgan fingerprint density at radius 1 is 0.971 bits per heavy atom. The van der Waals surface area contributed by atoms with Crippen LogP contribution in [0.15, 0.2) is 18.2 Å². The van der Waals surface area contributed by atoms with Gasteiger partial charge in [0.15, 0.2) is 0 Å². The summed E-state index contributed by atoms with van der Waals surface area (Å²) < 4.78 is 21.7. The number of ether oxygens (including phenoxy) is 4. The zero-order valence-electron chi connectivity index (χ0n) is 19.6. The van der Waals surface area contributed by atoms with Crippen LogP contribution in [0.25, 0.3) is 0 Å². The van der Waals surface area contributed by atoms with E-state index in [1.807, 2.05) is 6.07 Å². The molecule has 3 amide bonds. The topological polar surface area (TPSA) is 103 Å². The smallest absolute Gasteiger partial charge is 0.255 e. The minimum atomic E-state index is -0.637. The maximum Gasteiger partial charge on any atom is 0.255 e. The molecule has 3 rings (SSSR count). The van der Waals surface area contributed by atoms with E-state index in [1.165, 1.54) is 4.90 Å². The molecule has 1 unspecified atom stereocenters. The zero-order chi connectivity index (χ0) is 24.2. The molecule has 0 aliphatic carbocycles. The molecule has 1 aromatic carbocycles. The summed E-state index contributed by atoms with van der Waals surface area (Å²) in [7, 11) is 0. The molecule has 1 aromatic rings. The Morgan fingerprint density at radius 2 is 1.65 bits per heavy atom. The third-order valence-corrected chi connectivity index (χ3v) is 5.44. The number of carbonyl (C=O) groups is 3. The second-order valence-corrected chi connectivity index (χ2v) is 7.92. The van der Waals surface area contributed by atoms with Crippen molar-refractivity contribution >= 4 is 17.7 Å². The molecule has 1 N–H and O–H groups in total. The van der Waals surface area contributed by atoms with E-state index in [4.69, 9.17) is 18.9 Å². The number of amides is 3. The summed E-state index contributed by atoms with van der Waals surface area (Å²) in [6, 6.07) is 4.73. The van der Waals surface area contributed by atoms with Crippen molar-refractivity contribution < 1.29 is 33.3 Å². The highest BCUT2D eigenvalue weighted by Gasteiger charge is 2.39. The highest BCUT2D eigenvalue weighted by molar-refractivity contribution is 6.05. The quantitative estimate of drug-likeness (QED) is 0.262. The Kier molecular flexibility index (Phi) is 10.5. The first kappa shape index (κ1) is 25.8. The van der Waals surface area contributed by atoms with E-state index in [0.717, 1.165) is 24.2 Å². The normalized spacial score (nSPS) is 17.4. The van der Waals surface area contributed by atoms with Crippen molar-refractivity contribution in [1.82, 2.24) is 10.2 Å². The molecule has 2 heterocycles. The Bertz CT molecular complexity index is 922. The molecule has 1 atom stereocenters. The molecule has 1 fully saturated rings. The van der Waals surface area contributed by atoms with Gasteiger partial charge in [-0.3, -0.25) is 19.7 Å². The average molecular weight is 473 g/mol. The van der Waals surface area contributed by atoms with E-state index >= 15 is 0 Å². The van der Waals surface area contributed by atoms with Gasteiger partial charge in [0.2, 0.25) is 11.8 Å². The molecule has 0 spiro atoms. The predicted octanol–water partition coefficient (Wildman–Crippen LogP) is 1.28. The van der Waals surface area contributed by atoms with Gasteiger partial charge in [-0.2, -0.15) is 0 Å². The number of benzene rings is 1. The number of rotatable bonds is 13. The van der Waals surface area contributed by atoms with Gasteiger partial charge in [0.1, 0.15) is 12.6 Å². The lowest BCUT2D eigenvalue weighted by molar-refractivity contribution is -0.136. The van der Waals surface area contributed by atoms with Gasteiger partial charge in [-0.1, -0.05) is 24.8 Å². The van der Waals surface area contributed by atoms with E-state index in [0.29, 0.717) is 58.2 Å².